The zero-order chi connectivity index (χ0) is 21.3. The highest BCUT2D eigenvalue weighted by Gasteiger charge is 2.19. The van der Waals surface area contributed by atoms with E-state index < -0.39 is 0 Å². The topological polar surface area (TPSA) is 89.5 Å². The molecule has 0 aliphatic rings. The van der Waals surface area contributed by atoms with Gasteiger partial charge in [0.1, 0.15) is 12.1 Å². The average molecular weight is 390 g/mol. The quantitative estimate of drug-likeness (QED) is 0.512. The number of aryl methyl sites for hydroxylation is 1. The lowest BCUT2D eigenvalue weighted by atomic mass is 9.99. The summed E-state index contributed by atoms with van der Waals surface area (Å²) in [7, 11) is 3.96. The van der Waals surface area contributed by atoms with Crippen molar-refractivity contribution in [3.8, 4) is 34.7 Å². The van der Waals surface area contributed by atoms with Gasteiger partial charge in [-0.25, -0.2) is 9.97 Å². The van der Waals surface area contributed by atoms with Crippen molar-refractivity contribution in [2.45, 2.75) is 6.92 Å². The van der Waals surface area contributed by atoms with Gasteiger partial charge < -0.3 is 4.90 Å². The molecule has 144 valence electrons. The number of fused-ring (bicyclic) bond motifs is 1. The van der Waals surface area contributed by atoms with Crippen LogP contribution in [-0.2, 0) is 0 Å². The summed E-state index contributed by atoms with van der Waals surface area (Å²) in [5.74, 6) is 0. The molecule has 0 saturated heterocycles. The van der Waals surface area contributed by atoms with E-state index in [1.165, 1.54) is 0 Å². The zero-order valence-electron chi connectivity index (χ0n) is 16.9. The first-order valence-corrected chi connectivity index (χ1v) is 9.37. The van der Waals surface area contributed by atoms with Crippen LogP contribution < -0.4 is 4.90 Å². The molecule has 0 aliphatic heterocycles. The smallest absolute Gasteiger partial charge is 0.177 e. The summed E-state index contributed by atoms with van der Waals surface area (Å²) < 4.78 is 0. The molecule has 6 nitrogen and oxygen atoms in total. The Labute approximate surface area is 174 Å². The maximum Gasteiger partial charge on any atom is 0.177 e. The molecule has 2 aromatic heterocycles. The van der Waals surface area contributed by atoms with Crippen LogP contribution in [0.5, 0.6) is 0 Å². The molecule has 0 bridgehead atoms. The van der Waals surface area contributed by atoms with Crippen LogP contribution in [0.25, 0.3) is 33.4 Å². The third kappa shape index (κ3) is 3.32. The van der Waals surface area contributed by atoms with Gasteiger partial charge >= 0.3 is 0 Å². The summed E-state index contributed by atoms with van der Waals surface area (Å²) in [4.78, 5) is 15.6. The molecule has 2 aromatic carbocycles. The van der Waals surface area contributed by atoms with Crippen molar-refractivity contribution in [2.75, 3.05) is 19.0 Å². The third-order valence-corrected chi connectivity index (χ3v) is 4.95. The Balaban J connectivity index is 2.00. The number of anilines is 1. The Morgan fingerprint density at radius 2 is 1.57 bits per heavy atom. The lowest BCUT2D eigenvalue weighted by Gasteiger charge is -2.16. The molecule has 0 N–H and O–H groups in total. The molecule has 0 atom stereocenters. The molecular formula is C24H18N6. The van der Waals surface area contributed by atoms with Gasteiger partial charge in [-0.2, -0.15) is 10.5 Å². The van der Waals surface area contributed by atoms with Crippen molar-refractivity contribution in [1.29, 1.82) is 10.5 Å². The molecular weight excluding hydrogens is 372 g/mol. The molecule has 0 spiro atoms. The minimum Gasteiger partial charge on any atom is -0.378 e. The van der Waals surface area contributed by atoms with Gasteiger partial charge in [-0.15, -0.1) is 0 Å². The van der Waals surface area contributed by atoms with Crippen molar-refractivity contribution in [1.82, 2.24) is 15.0 Å². The van der Waals surface area contributed by atoms with E-state index >= 15 is 0 Å². The SMILES string of the molecule is Cc1cc(N(C)C)ccc1-c1nc(C#N)c(C#N)nc1-c1cnc2ccccc2c1. The van der Waals surface area contributed by atoms with Crippen LogP contribution in [0.4, 0.5) is 5.69 Å². The number of aromatic nitrogens is 3. The normalized spacial score (nSPS) is 10.4. The molecule has 2 heterocycles. The number of hydrogen-bond donors (Lipinski definition) is 0. The Bertz CT molecular complexity index is 1360. The summed E-state index contributed by atoms with van der Waals surface area (Å²) in [6, 6.07) is 19.8. The summed E-state index contributed by atoms with van der Waals surface area (Å²) >= 11 is 0. The lowest BCUT2D eigenvalue weighted by Crippen LogP contribution is -2.09. The van der Waals surface area contributed by atoms with Crippen molar-refractivity contribution in [3.63, 3.8) is 0 Å². The third-order valence-electron chi connectivity index (χ3n) is 4.95. The van der Waals surface area contributed by atoms with Gasteiger partial charge in [-0.05, 0) is 36.8 Å². The predicted octanol–water partition coefficient (Wildman–Crippen LogP) is 4.48. The predicted molar refractivity (Wildman–Crippen MR) is 117 cm³/mol. The molecule has 4 rings (SSSR count). The molecule has 0 unspecified atom stereocenters. The van der Waals surface area contributed by atoms with Crippen LogP contribution in [-0.4, -0.2) is 29.0 Å². The molecule has 4 aromatic rings. The fourth-order valence-electron chi connectivity index (χ4n) is 3.37. The second kappa shape index (κ2) is 7.62. The largest absolute Gasteiger partial charge is 0.378 e. The second-order valence-corrected chi connectivity index (χ2v) is 7.15. The monoisotopic (exact) mass is 390 g/mol. The van der Waals surface area contributed by atoms with Gasteiger partial charge in [0.05, 0.1) is 16.9 Å². The first-order chi connectivity index (χ1) is 14.5. The summed E-state index contributed by atoms with van der Waals surface area (Å²) in [6.07, 6.45) is 1.73. The van der Waals surface area contributed by atoms with Gasteiger partial charge in [0.2, 0.25) is 0 Å². The van der Waals surface area contributed by atoms with Gasteiger partial charge in [-0.3, -0.25) is 4.98 Å². The summed E-state index contributed by atoms with van der Waals surface area (Å²) in [5.41, 5.74) is 5.65. The number of pyridine rings is 1. The second-order valence-electron chi connectivity index (χ2n) is 7.15. The number of benzene rings is 2. The molecule has 0 aliphatic carbocycles. The number of nitrogens with zero attached hydrogens (tertiary/aromatic N) is 6. The van der Waals surface area contributed by atoms with Gasteiger partial charge in [-0.1, -0.05) is 24.3 Å². The van der Waals surface area contributed by atoms with Crippen LogP contribution in [0, 0.1) is 29.6 Å². The van der Waals surface area contributed by atoms with E-state index in [0.717, 1.165) is 33.3 Å². The van der Waals surface area contributed by atoms with E-state index in [0.29, 0.717) is 11.4 Å². The molecule has 6 heteroatoms. The highest BCUT2D eigenvalue weighted by Crippen LogP contribution is 2.34. The molecule has 0 fully saturated rings. The van der Waals surface area contributed by atoms with Crippen LogP contribution in [0.1, 0.15) is 17.0 Å². The zero-order valence-corrected chi connectivity index (χ0v) is 16.9. The fourth-order valence-corrected chi connectivity index (χ4v) is 3.37. The summed E-state index contributed by atoms with van der Waals surface area (Å²) in [5, 5.41) is 19.9. The van der Waals surface area contributed by atoms with Crippen molar-refractivity contribution in [3.05, 3.63) is 71.7 Å². The van der Waals surface area contributed by atoms with Gasteiger partial charge in [0.25, 0.3) is 0 Å². The Morgan fingerprint density at radius 3 is 2.23 bits per heavy atom. The highest BCUT2D eigenvalue weighted by atomic mass is 15.1. The van der Waals surface area contributed by atoms with Crippen LogP contribution in [0.15, 0.2) is 54.7 Å². The van der Waals surface area contributed by atoms with Crippen molar-refractivity contribution < 1.29 is 0 Å². The first kappa shape index (κ1) is 19.0. The standard InChI is InChI=1S/C24H18N6/c1-15-10-18(30(2)3)8-9-19(15)24-23(28-21(12-25)22(13-26)29-24)17-11-16-6-4-5-7-20(16)27-14-17/h4-11,14H,1-3H3. The number of para-hydroxylation sites is 1. The van der Waals surface area contributed by atoms with Crippen LogP contribution in [0.3, 0.4) is 0 Å². The number of hydrogen-bond acceptors (Lipinski definition) is 6. The van der Waals surface area contributed by atoms with E-state index in [2.05, 4.69) is 21.0 Å². The summed E-state index contributed by atoms with van der Waals surface area (Å²) in [6.45, 7) is 2.00. The van der Waals surface area contributed by atoms with Gasteiger partial charge in [0.15, 0.2) is 11.4 Å². The highest BCUT2D eigenvalue weighted by molar-refractivity contribution is 5.87. The van der Waals surface area contributed by atoms with E-state index in [9.17, 15) is 10.5 Å². The first-order valence-electron chi connectivity index (χ1n) is 9.37. The minimum atomic E-state index is 0.00646. The van der Waals surface area contributed by atoms with Crippen LogP contribution >= 0.6 is 0 Å². The molecule has 30 heavy (non-hydrogen) atoms. The Kier molecular flexibility index (Phi) is 4.83. The van der Waals surface area contributed by atoms with Crippen molar-refractivity contribution >= 4 is 16.6 Å². The van der Waals surface area contributed by atoms with E-state index in [1.807, 2.05) is 80.5 Å². The average Bonchev–Trinajstić information content (AvgIpc) is 2.77. The lowest BCUT2D eigenvalue weighted by molar-refractivity contribution is 1.12. The Morgan fingerprint density at radius 1 is 0.867 bits per heavy atom. The number of nitriles is 2. The molecule has 0 radical (unpaired) electrons. The van der Waals surface area contributed by atoms with Crippen LogP contribution in [0.2, 0.25) is 0 Å². The maximum absolute atomic E-state index is 9.49. The van der Waals surface area contributed by atoms with Crippen molar-refractivity contribution in [2.24, 2.45) is 0 Å². The van der Waals surface area contributed by atoms with E-state index in [4.69, 9.17) is 0 Å². The minimum absolute atomic E-state index is 0.00646. The molecule has 0 saturated carbocycles. The number of rotatable bonds is 3. The van der Waals surface area contributed by atoms with E-state index in [1.54, 1.807) is 6.20 Å². The maximum atomic E-state index is 9.49. The fraction of sp³-hybridized carbons (Fsp3) is 0.125. The molecule has 0 amide bonds. The van der Waals surface area contributed by atoms with E-state index in [-0.39, 0.29) is 11.4 Å². The van der Waals surface area contributed by atoms with Gasteiger partial charge in [0, 0.05) is 42.5 Å². The Hall–Kier alpha value is -4.29.